The maximum atomic E-state index is 13.1. The highest BCUT2D eigenvalue weighted by Crippen LogP contribution is 2.23. The Morgan fingerprint density at radius 2 is 0.912 bits per heavy atom. The summed E-state index contributed by atoms with van der Waals surface area (Å²) >= 11 is 0. The summed E-state index contributed by atoms with van der Waals surface area (Å²) in [5.74, 6) is -0.693. The van der Waals surface area contributed by atoms with Crippen molar-refractivity contribution in [2.45, 2.75) is 274 Å². The van der Waals surface area contributed by atoms with Gasteiger partial charge in [0.2, 0.25) is 5.91 Å². The molecule has 1 aliphatic heterocycles. The first-order valence-corrected chi connectivity index (χ1v) is 23.9. The third-order valence-electron chi connectivity index (χ3n) is 11.9. The molecule has 1 heterocycles. The predicted molar refractivity (Wildman–Crippen MR) is 229 cm³/mol. The molecule has 1 rings (SSSR count). The third kappa shape index (κ3) is 26.8. The van der Waals surface area contributed by atoms with Crippen LogP contribution in [0.4, 0.5) is 0 Å². The lowest BCUT2D eigenvalue weighted by Crippen LogP contribution is -2.60. The molecule has 0 radical (unpaired) electrons. The molecule has 0 spiro atoms. The van der Waals surface area contributed by atoms with Gasteiger partial charge in [-0.05, 0) is 12.8 Å². The topological polar surface area (TPSA) is 189 Å². The third-order valence-corrected chi connectivity index (χ3v) is 11.9. The fraction of sp³-hybridized carbons (Fsp3) is 0.978. The number of rotatable bonds is 40. The molecule has 11 heteroatoms. The first-order chi connectivity index (χ1) is 27.7. The average Bonchev–Trinajstić information content (AvgIpc) is 3.21. The van der Waals surface area contributed by atoms with E-state index in [9.17, 15) is 40.5 Å². The standard InChI is InChI=1S/C46H91NO10/c1-3-5-7-9-11-13-15-17-18-19-20-22-24-26-28-30-32-34-39(50)45(55)47-37(36-56-46-44(54)43(53)42(52)40(35-48)57-46)41(51)38(49)33-31-29-27-25-23-21-16-14-12-10-8-6-4-2/h37-44,46,48-54H,3-36H2,1-2H3,(H,47,55)/t37-,38+,39+,40+,41-,42-,43-,44+,46-/m0/s1. The van der Waals surface area contributed by atoms with Crippen LogP contribution in [-0.4, -0.2) is 110 Å². The summed E-state index contributed by atoms with van der Waals surface area (Å²) in [5, 5.41) is 75.7. The van der Waals surface area contributed by atoms with E-state index >= 15 is 0 Å². The Bertz CT molecular complexity index is 897. The molecule has 8 N–H and O–H groups in total. The molecular formula is C46H91NO10. The zero-order chi connectivity index (χ0) is 41.9. The van der Waals surface area contributed by atoms with Crippen molar-refractivity contribution < 1.29 is 50.0 Å². The molecule has 340 valence electrons. The van der Waals surface area contributed by atoms with Crippen LogP contribution in [0.1, 0.15) is 219 Å². The fourth-order valence-corrected chi connectivity index (χ4v) is 7.91. The lowest BCUT2D eigenvalue weighted by Gasteiger charge is -2.40. The number of aliphatic hydroxyl groups is 7. The molecule has 1 saturated heterocycles. The largest absolute Gasteiger partial charge is 0.394 e. The zero-order valence-electron chi connectivity index (χ0n) is 36.6. The summed E-state index contributed by atoms with van der Waals surface area (Å²) in [7, 11) is 0. The van der Waals surface area contributed by atoms with Crippen molar-refractivity contribution in [3.05, 3.63) is 0 Å². The van der Waals surface area contributed by atoms with Crippen LogP contribution in [0.25, 0.3) is 0 Å². The van der Waals surface area contributed by atoms with Crippen molar-refractivity contribution in [3.63, 3.8) is 0 Å². The van der Waals surface area contributed by atoms with Gasteiger partial charge in [0.15, 0.2) is 6.29 Å². The van der Waals surface area contributed by atoms with Crippen molar-refractivity contribution in [2.24, 2.45) is 0 Å². The molecule has 9 atom stereocenters. The number of ether oxygens (including phenoxy) is 2. The van der Waals surface area contributed by atoms with Crippen molar-refractivity contribution in [1.82, 2.24) is 5.32 Å². The van der Waals surface area contributed by atoms with Gasteiger partial charge in [-0.15, -0.1) is 0 Å². The van der Waals surface area contributed by atoms with E-state index in [0.717, 1.165) is 38.5 Å². The molecule has 0 aromatic carbocycles. The number of carbonyl (C=O) groups is 1. The molecule has 0 unspecified atom stereocenters. The molecular weight excluding hydrogens is 727 g/mol. The average molecular weight is 818 g/mol. The van der Waals surface area contributed by atoms with Gasteiger partial charge in [0.1, 0.15) is 36.6 Å². The smallest absolute Gasteiger partial charge is 0.249 e. The van der Waals surface area contributed by atoms with Gasteiger partial charge in [-0.25, -0.2) is 0 Å². The number of carbonyl (C=O) groups excluding carboxylic acids is 1. The van der Waals surface area contributed by atoms with E-state index in [0.29, 0.717) is 19.3 Å². The van der Waals surface area contributed by atoms with Crippen LogP contribution in [0.3, 0.4) is 0 Å². The first-order valence-electron chi connectivity index (χ1n) is 23.9. The minimum absolute atomic E-state index is 0.266. The number of unbranched alkanes of at least 4 members (excludes halogenated alkanes) is 28. The minimum Gasteiger partial charge on any atom is -0.394 e. The van der Waals surface area contributed by atoms with Crippen LogP contribution in [-0.2, 0) is 14.3 Å². The van der Waals surface area contributed by atoms with E-state index in [-0.39, 0.29) is 6.42 Å². The predicted octanol–water partition coefficient (Wildman–Crippen LogP) is 7.89. The van der Waals surface area contributed by atoms with E-state index in [4.69, 9.17) is 9.47 Å². The Morgan fingerprint density at radius 1 is 0.544 bits per heavy atom. The normalized spacial score (nSPS) is 22.0. The van der Waals surface area contributed by atoms with Crippen LogP contribution in [0.5, 0.6) is 0 Å². The number of amides is 1. The van der Waals surface area contributed by atoms with E-state index in [1.165, 1.54) is 141 Å². The van der Waals surface area contributed by atoms with Gasteiger partial charge in [0.05, 0.1) is 25.4 Å². The lowest BCUT2D eigenvalue weighted by atomic mass is 9.98. The van der Waals surface area contributed by atoms with Crippen LogP contribution >= 0.6 is 0 Å². The van der Waals surface area contributed by atoms with E-state index < -0.39 is 74.2 Å². The summed E-state index contributed by atoms with van der Waals surface area (Å²) in [6.07, 6.45) is 25.7. The second-order valence-corrected chi connectivity index (χ2v) is 17.2. The van der Waals surface area contributed by atoms with Crippen molar-refractivity contribution in [3.8, 4) is 0 Å². The molecule has 0 aromatic rings. The van der Waals surface area contributed by atoms with Gasteiger partial charge in [-0.3, -0.25) is 4.79 Å². The van der Waals surface area contributed by atoms with Gasteiger partial charge in [-0.2, -0.15) is 0 Å². The molecule has 0 saturated carbocycles. The second kappa shape index (κ2) is 36.9. The van der Waals surface area contributed by atoms with Crippen LogP contribution in [0, 0.1) is 0 Å². The summed E-state index contributed by atoms with van der Waals surface area (Å²) in [4.78, 5) is 13.1. The van der Waals surface area contributed by atoms with Gasteiger partial charge >= 0.3 is 0 Å². The molecule has 0 aromatic heterocycles. The molecule has 0 aliphatic carbocycles. The van der Waals surface area contributed by atoms with Gasteiger partial charge in [0.25, 0.3) is 0 Å². The summed E-state index contributed by atoms with van der Waals surface area (Å²) in [6, 6.07) is -1.16. The zero-order valence-corrected chi connectivity index (χ0v) is 36.6. The number of hydrogen-bond donors (Lipinski definition) is 8. The van der Waals surface area contributed by atoms with Crippen molar-refractivity contribution >= 4 is 5.91 Å². The highest BCUT2D eigenvalue weighted by atomic mass is 16.7. The van der Waals surface area contributed by atoms with Gasteiger partial charge < -0.3 is 50.5 Å². The highest BCUT2D eigenvalue weighted by molar-refractivity contribution is 5.80. The Kier molecular flexibility index (Phi) is 35.1. The summed E-state index contributed by atoms with van der Waals surface area (Å²) in [5.41, 5.74) is 0. The summed E-state index contributed by atoms with van der Waals surface area (Å²) in [6.45, 7) is 3.45. The highest BCUT2D eigenvalue weighted by Gasteiger charge is 2.44. The number of nitrogens with one attached hydrogen (secondary N) is 1. The van der Waals surface area contributed by atoms with Crippen LogP contribution < -0.4 is 5.32 Å². The van der Waals surface area contributed by atoms with E-state index in [1.54, 1.807) is 0 Å². The Labute approximate surface area is 348 Å². The molecule has 1 fully saturated rings. The Morgan fingerprint density at radius 3 is 1.30 bits per heavy atom. The second-order valence-electron chi connectivity index (χ2n) is 17.2. The molecule has 57 heavy (non-hydrogen) atoms. The molecule has 1 aliphatic rings. The van der Waals surface area contributed by atoms with Crippen molar-refractivity contribution in [1.29, 1.82) is 0 Å². The molecule has 0 bridgehead atoms. The lowest BCUT2D eigenvalue weighted by molar-refractivity contribution is -0.303. The SMILES string of the molecule is CCCCCCCCCCCCCCCCCCC[C@@H](O)C(=O)N[C@@H](CO[C@H]1O[C@H](CO)[C@H](O)[C@H](O)[C@H]1O)[C@H](O)[C@H](O)CCCCCCCCCCCCCCC. The van der Waals surface area contributed by atoms with E-state index in [2.05, 4.69) is 19.2 Å². The fourth-order valence-electron chi connectivity index (χ4n) is 7.91. The maximum Gasteiger partial charge on any atom is 0.249 e. The van der Waals surface area contributed by atoms with E-state index in [1.807, 2.05) is 0 Å². The molecule has 1 amide bonds. The maximum absolute atomic E-state index is 13.1. The van der Waals surface area contributed by atoms with Gasteiger partial charge in [0, 0.05) is 0 Å². The van der Waals surface area contributed by atoms with Crippen molar-refractivity contribution in [2.75, 3.05) is 13.2 Å². The van der Waals surface area contributed by atoms with Crippen LogP contribution in [0.15, 0.2) is 0 Å². The number of aliphatic hydroxyl groups excluding tert-OH is 7. The number of hydrogen-bond acceptors (Lipinski definition) is 10. The summed E-state index contributed by atoms with van der Waals surface area (Å²) < 4.78 is 11.1. The molecule has 11 nitrogen and oxygen atoms in total. The quantitative estimate of drug-likeness (QED) is 0.0283. The minimum atomic E-state index is -1.66. The Balaban J connectivity index is 2.42. The Hall–Kier alpha value is -0.890. The first kappa shape index (κ1) is 54.1. The van der Waals surface area contributed by atoms with Crippen LogP contribution in [0.2, 0.25) is 0 Å². The van der Waals surface area contributed by atoms with Gasteiger partial charge in [-0.1, -0.05) is 206 Å². The monoisotopic (exact) mass is 818 g/mol.